The molecular weight excluding hydrogens is 432 g/mol. The molecule has 6 heteroatoms. The SMILES string of the molecule is O=C1C[C@H]2C(C[C@@H](OC3CCCCO3)[C@@H]2C=C[C@H](CCc2ccccc2)OC2CCCCO2)O1. The van der Waals surface area contributed by atoms with E-state index < -0.39 is 0 Å². The largest absolute Gasteiger partial charge is 0.462 e. The average Bonchev–Trinajstić information content (AvgIpc) is 3.38. The normalized spacial score (nSPS) is 34.8. The Hall–Kier alpha value is -1.73. The van der Waals surface area contributed by atoms with Crippen LogP contribution in [0.2, 0.25) is 0 Å². The molecule has 4 aliphatic rings. The zero-order valence-electron chi connectivity index (χ0n) is 20.0. The molecular formula is C28H38O6. The quantitative estimate of drug-likeness (QED) is 0.376. The minimum atomic E-state index is -0.148. The lowest BCUT2D eigenvalue weighted by Gasteiger charge is -2.29. The predicted octanol–water partition coefficient (Wildman–Crippen LogP) is 4.95. The van der Waals surface area contributed by atoms with Crippen molar-refractivity contribution < 1.29 is 28.5 Å². The van der Waals surface area contributed by atoms with E-state index in [1.807, 2.05) is 6.07 Å². The van der Waals surface area contributed by atoms with Crippen LogP contribution in [0.3, 0.4) is 0 Å². The van der Waals surface area contributed by atoms with E-state index >= 15 is 0 Å². The summed E-state index contributed by atoms with van der Waals surface area (Å²) < 4.78 is 30.2. The van der Waals surface area contributed by atoms with Crippen LogP contribution in [0, 0.1) is 11.8 Å². The molecule has 1 aliphatic carbocycles. The molecule has 5 rings (SSSR count). The van der Waals surface area contributed by atoms with Crippen LogP contribution in [0.25, 0.3) is 0 Å². The smallest absolute Gasteiger partial charge is 0.306 e. The van der Waals surface area contributed by atoms with Crippen LogP contribution >= 0.6 is 0 Å². The number of ether oxygens (including phenoxy) is 5. The van der Waals surface area contributed by atoms with Gasteiger partial charge in [-0.25, -0.2) is 0 Å². The van der Waals surface area contributed by atoms with Crippen LogP contribution in [0.5, 0.6) is 0 Å². The monoisotopic (exact) mass is 470 g/mol. The Labute approximate surface area is 202 Å². The van der Waals surface area contributed by atoms with Crippen molar-refractivity contribution in [3.05, 3.63) is 48.0 Å². The Morgan fingerprint density at radius 2 is 1.76 bits per heavy atom. The first-order valence-electron chi connectivity index (χ1n) is 13.2. The maximum Gasteiger partial charge on any atom is 0.306 e. The molecule has 1 aromatic rings. The van der Waals surface area contributed by atoms with E-state index in [1.54, 1.807) is 0 Å². The Balaban J connectivity index is 1.27. The van der Waals surface area contributed by atoms with Gasteiger partial charge in [-0.2, -0.15) is 0 Å². The molecule has 7 atom stereocenters. The number of fused-ring (bicyclic) bond motifs is 1. The zero-order valence-corrected chi connectivity index (χ0v) is 20.0. The van der Waals surface area contributed by atoms with Crippen molar-refractivity contribution in [1.29, 1.82) is 0 Å². The summed E-state index contributed by atoms with van der Waals surface area (Å²) >= 11 is 0. The average molecular weight is 471 g/mol. The fourth-order valence-corrected chi connectivity index (χ4v) is 5.75. The van der Waals surface area contributed by atoms with Crippen LogP contribution in [0.15, 0.2) is 42.5 Å². The summed E-state index contributed by atoms with van der Waals surface area (Å²) in [5.74, 6) is 0.198. The molecule has 6 nitrogen and oxygen atoms in total. The Bertz CT molecular complexity index is 798. The second kappa shape index (κ2) is 11.8. The number of hydrogen-bond donors (Lipinski definition) is 0. The highest BCUT2D eigenvalue weighted by atomic mass is 16.7. The van der Waals surface area contributed by atoms with Crippen LogP contribution in [-0.2, 0) is 34.9 Å². The molecule has 0 spiro atoms. The number of rotatable bonds is 9. The van der Waals surface area contributed by atoms with E-state index in [4.69, 9.17) is 23.7 Å². The first-order valence-corrected chi connectivity index (χ1v) is 13.2. The second-order valence-electron chi connectivity index (χ2n) is 10.1. The van der Waals surface area contributed by atoms with Gasteiger partial charge in [0.15, 0.2) is 12.6 Å². The molecule has 186 valence electrons. The van der Waals surface area contributed by atoms with Gasteiger partial charge in [0, 0.05) is 31.5 Å². The minimum Gasteiger partial charge on any atom is -0.462 e. The van der Waals surface area contributed by atoms with Crippen LogP contribution < -0.4 is 0 Å². The lowest BCUT2D eigenvalue weighted by atomic mass is 9.91. The van der Waals surface area contributed by atoms with E-state index in [-0.39, 0.29) is 48.7 Å². The number of benzene rings is 1. The van der Waals surface area contributed by atoms with Crippen molar-refractivity contribution in [2.24, 2.45) is 11.8 Å². The minimum absolute atomic E-state index is 0.00292. The van der Waals surface area contributed by atoms with Gasteiger partial charge in [0.2, 0.25) is 0 Å². The number of carbonyl (C=O) groups is 1. The Morgan fingerprint density at radius 3 is 2.50 bits per heavy atom. The van der Waals surface area contributed by atoms with Gasteiger partial charge < -0.3 is 23.7 Å². The van der Waals surface area contributed by atoms with Gasteiger partial charge in [-0.15, -0.1) is 0 Å². The maximum absolute atomic E-state index is 12.0. The summed E-state index contributed by atoms with van der Waals surface area (Å²) in [5, 5.41) is 0. The predicted molar refractivity (Wildman–Crippen MR) is 127 cm³/mol. The zero-order chi connectivity index (χ0) is 23.2. The summed E-state index contributed by atoms with van der Waals surface area (Å²) in [4.78, 5) is 12.0. The molecule has 0 radical (unpaired) electrons. The summed E-state index contributed by atoms with van der Waals surface area (Å²) in [6, 6.07) is 10.5. The lowest BCUT2D eigenvalue weighted by Crippen LogP contribution is -2.31. The fraction of sp³-hybridized carbons (Fsp3) is 0.679. The summed E-state index contributed by atoms with van der Waals surface area (Å²) in [6.07, 6.45) is 13.4. The van der Waals surface area contributed by atoms with E-state index in [2.05, 4.69) is 36.4 Å². The molecule has 3 heterocycles. The first-order chi connectivity index (χ1) is 16.7. The molecule has 0 amide bonds. The van der Waals surface area contributed by atoms with Gasteiger partial charge in [-0.05, 0) is 56.9 Å². The van der Waals surface area contributed by atoms with E-state index in [0.29, 0.717) is 6.42 Å². The number of esters is 1. The Kier molecular flexibility index (Phi) is 8.33. The third-order valence-corrected chi connectivity index (χ3v) is 7.59. The standard InChI is InChI=1S/C28H38O6/c29-26-18-23-22(24(19-25(23)33-26)34-28-11-5-7-17-31-28)15-14-21(32-27-10-4-6-16-30-27)13-12-20-8-2-1-3-9-20/h1-3,8-9,14-15,21-25,27-28H,4-7,10-13,16-19H2/t21-,22+,23+,24+,25?,27?,28?/m0/s1. The maximum atomic E-state index is 12.0. The van der Waals surface area contributed by atoms with Gasteiger partial charge in [0.1, 0.15) is 6.10 Å². The van der Waals surface area contributed by atoms with Gasteiger partial charge in [0.25, 0.3) is 0 Å². The molecule has 34 heavy (non-hydrogen) atoms. The number of aryl methyl sites for hydroxylation is 1. The van der Waals surface area contributed by atoms with E-state index in [1.165, 1.54) is 5.56 Å². The molecule has 4 fully saturated rings. The third-order valence-electron chi connectivity index (χ3n) is 7.59. The van der Waals surface area contributed by atoms with Crippen molar-refractivity contribution in [3.63, 3.8) is 0 Å². The third kappa shape index (κ3) is 6.28. The highest BCUT2D eigenvalue weighted by Crippen LogP contribution is 2.44. The van der Waals surface area contributed by atoms with Gasteiger partial charge >= 0.3 is 5.97 Å². The van der Waals surface area contributed by atoms with Gasteiger partial charge in [-0.3, -0.25) is 4.79 Å². The Morgan fingerprint density at radius 1 is 1.00 bits per heavy atom. The molecule has 3 unspecified atom stereocenters. The number of hydrogen-bond acceptors (Lipinski definition) is 6. The summed E-state index contributed by atoms with van der Waals surface area (Å²) in [6.45, 7) is 1.53. The molecule has 0 bridgehead atoms. The van der Waals surface area contributed by atoms with Crippen LogP contribution in [-0.4, -0.2) is 50.1 Å². The number of carbonyl (C=O) groups excluding carboxylic acids is 1. The topological polar surface area (TPSA) is 63.2 Å². The molecule has 0 aromatic heterocycles. The van der Waals surface area contributed by atoms with Crippen molar-refractivity contribution in [1.82, 2.24) is 0 Å². The molecule has 3 aliphatic heterocycles. The first kappa shape index (κ1) is 24.0. The van der Waals surface area contributed by atoms with E-state index in [9.17, 15) is 4.79 Å². The van der Waals surface area contributed by atoms with Crippen LogP contribution in [0.1, 0.15) is 63.4 Å². The van der Waals surface area contributed by atoms with E-state index in [0.717, 1.165) is 71.0 Å². The van der Waals surface area contributed by atoms with Crippen molar-refractivity contribution in [3.8, 4) is 0 Å². The van der Waals surface area contributed by atoms with Crippen molar-refractivity contribution in [2.45, 2.75) is 95.1 Å². The van der Waals surface area contributed by atoms with Crippen molar-refractivity contribution >= 4 is 5.97 Å². The fourth-order valence-electron chi connectivity index (χ4n) is 5.75. The molecule has 1 aromatic carbocycles. The molecule has 3 saturated heterocycles. The highest BCUT2D eigenvalue weighted by Gasteiger charge is 2.50. The lowest BCUT2D eigenvalue weighted by molar-refractivity contribution is -0.194. The molecule has 1 saturated carbocycles. The highest BCUT2D eigenvalue weighted by molar-refractivity contribution is 5.72. The van der Waals surface area contributed by atoms with Crippen LogP contribution in [0.4, 0.5) is 0 Å². The molecule has 0 N–H and O–H groups in total. The van der Waals surface area contributed by atoms with Gasteiger partial charge in [-0.1, -0.05) is 42.5 Å². The van der Waals surface area contributed by atoms with Gasteiger partial charge in [0.05, 0.1) is 18.6 Å². The van der Waals surface area contributed by atoms with Crippen molar-refractivity contribution in [2.75, 3.05) is 13.2 Å². The summed E-state index contributed by atoms with van der Waals surface area (Å²) in [5.41, 5.74) is 1.31. The summed E-state index contributed by atoms with van der Waals surface area (Å²) in [7, 11) is 0. The second-order valence-corrected chi connectivity index (χ2v) is 10.1.